The van der Waals surface area contributed by atoms with E-state index in [1.165, 1.54) is 0 Å². The first-order valence-corrected chi connectivity index (χ1v) is 7.94. The monoisotopic (exact) mass is 321 g/mol. The normalized spacial score (nSPS) is 17.4. The van der Waals surface area contributed by atoms with Crippen LogP contribution in [-0.4, -0.2) is 41.6 Å². The summed E-state index contributed by atoms with van der Waals surface area (Å²) in [4.78, 5) is 24.5. The molecule has 0 spiro atoms. The Morgan fingerprint density at radius 1 is 1.30 bits per heavy atom. The molecule has 126 valence electrons. The van der Waals surface area contributed by atoms with Crippen LogP contribution in [-0.2, 0) is 16.1 Å². The Hall–Kier alpha value is -2.24. The third-order valence-corrected chi connectivity index (χ3v) is 3.71. The maximum absolute atomic E-state index is 11.9. The Labute approximate surface area is 136 Å². The lowest BCUT2D eigenvalue weighted by atomic mass is 10.1. The third kappa shape index (κ3) is 4.37. The van der Waals surface area contributed by atoms with Gasteiger partial charge in [0.15, 0.2) is 11.5 Å². The SMILES string of the molecule is CCCOc1ccc(CN2C[C@@H](C(=O)O)CC2=O)cc1OCC. The molecule has 1 saturated heterocycles. The molecule has 1 amide bonds. The predicted octanol–water partition coefficient (Wildman–Crippen LogP) is 2.31. The second-order valence-electron chi connectivity index (χ2n) is 5.58. The molecule has 0 aromatic heterocycles. The van der Waals surface area contributed by atoms with Gasteiger partial charge in [0, 0.05) is 19.5 Å². The number of ether oxygens (including phenoxy) is 2. The number of amides is 1. The van der Waals surface area contributed by atoms with E-state index in [1.807, 2.05) is 32.0 Å². The largest absolute Gasteiger partial charge is 0.490 e. The van der Waals surface area contributed by atoms with E-state index in [2.05, 4.69) is 0 Å². The van der Waals surface area contributed by atoms with Crippen LogP contribution >= 0.6 is 0 Å². The molecule has 0 aliphatic carbocycles. The van der Waals surface area contributed by atoms with Gasteiger partial charge in [-0.05, 0) is 31.0 Å². The van der Waals surface area contributed by atoms with Crippen LogP contribution in [0.15, 0.2) is 18.2 Å². The van der Waals surface area contributed by atoms with E-state index in [0.717, 1.165) is 12.0 Å². The van der Waals surface area contributed by atoms with Crippen molar-refractivity contribution in [2.45, 2.75) is 33.2 Å². The zero-order valence-electron chi connectivity index (χ0n) is 13.6. The topological polar surface area (TPSA) is 76.1 Å². The zero-order valence-corrected chi connectivity index (χ0v) is 13.6. The molecule has 0 bridgehead atoms. The number of carbonyl (C=O) groups excluding carboxylic acids is 1. The second kappa shape index (κ2) is 7.85. The smallest absolute Gasteiger partial charge is 0.308 e. The van der Waals surface area contributed by atoms with E-state index in [4.69, 9.17) is 14.6 Å². The summed E-state index contributed by atoms with van der Waals surface area (Å²) in [6.45, 7) is 5.72. The Balaban J connectivity index is 2.09. The molecule has 1 aromatic rings. The van der Waals surface area contributed by atoms with Gasteiger partial charge in [0.1, 0.15) is 0 Å². The van der Waals surface area contributed by atoms with Crippen molar-refractivity contribution in [3.05, 3.63) is 23.8 Å². The van der Waals surface area contributed by atoms with Gasteiger partial charge in [0.25, 0.3) is 0 Å². The molecule has 1 heterocycles. The molecule has 1 aromatic carbocycles. The van der Waals surface area contributed by atoms with E-state index >= 15 is 0 Å². The second-order valence-corrected chi connectivity index (χ2v) is 5.58. The summed E-state index contributed by atoms with van der Waals surface area (Å²) >= 11 is 0. The molecule has 6 heteroatoms. The minimum absolute atomic E-state index is 0.0747. The van der Waals surface area contributed by atoms with Gasteiger partial charge in [0.05, 0.1) is 19.1 Å². The molecule has 6 nitrogen and oxygen atoms in total. The molecule has 1 N–H and O–H groups in total. The van der Waals surface area contributed by atoms with E-state index in [1.54, 1.807) is 4.90 Å². The van der Waals surface area contributed by atoms with Crippen LogP contribution in [0.1, 0.15) is 32.3 Å². The maximum Gasteiger partial charge on any atom is 0.308 e. The number of likely N-dealkylation sites (tertiary alicyclic amines) is 1. The molecule has 1 aliphatic heterocycles. The molecule has 0 unspecified atom stereocenters. The van der Waals surface area contributed by atoms with Crippen molar-refractivity contribution in [1.29, 1.82) is 0 Å². The molecule has 0 saturated carbocycles. The molecular formula is C17H23NO5. The number of aliphatic carboxylic acids is 1. The summed E-state index contributed by atoms with van der Waals surface area (Å²) in [5.41, 5.74) is 0.900. The van der Waals surface area contributed by atoms with E-state index in [9.17, 15) is 9.59 Å². The van der Waals surface area contributed by atoms with Crippen molar-refractivity contribution in [3.63, 3.8) is 0 Å². The zero-order chi connectivity index (χ0) is 16.8. The van der Waals surface area contributed by atoms with Crippen molar-refractivity contribution < 1.29 is 24.2 Å². The summed E-state index contributed by atoms with van der Waals surface area (Å²) in [7, 11) is 0. The number of nitrogens with zero attached hydrogens (tertiary/aromatic N) is 1. The Kier molecular flexibility index (Phi) is 5.84. The average Bonchev–Trinajstić information content (AvgIpc) is 2.88. The van der Waals surface area contributed by atoms with Gasteiger partial charge in [-0.3, -0.25) is 9.59 Å². The lowest BCUT2D eigenvalue weighted by Gasteiger charge is -2.18. The fourth-order valence-electron chi connectivity index (χ4n) is 2.56. The molecule has 23 heavy (non-hydrogen) atoms. The number of hydrogen-bond donors (Lipinski definition) is 1. The minimum atomic E-state index is -0.917. The molecule has 0 radical (unpaired) electrons. The summed E-state index contributed by atoms with van der Waals surface area (Å²) in [6.07, 6.45) is 0.984. The Morgan fingerprint density at radius 2 is 2.09 bits per heavy atom. The Bertz CT molecular complexity index is 572. The average molecular weight is 321 g/mol. The van der Waals surface area contributed by atoms with Gasteiger partial charge in [-0.2, -0.15) is 0 Å². The van der Waals surface area contributed by atoms with Gasteiger partial charge in [-0.15, -0.1) is 0 Å². The van der Waals surface area contributed by atoms with Crippen LogP contribution in [0.3, 0.4) is 0 Å². The van der Waals surface area contributed by atoms with Crippen LogP contribution in [0.5, 0.6) is 11.5 Å². The van der Waals surface area contributed by atoms with Crippen LogP contribution in [0.2, 0.25) is 0 Å². The lowest BCUT2D eigenvalue weighted by Crippen LogP contribution is -2.25. The quantitative estimate of drug-likeness (QED) is 0.795. The van der Waals surface area contributed by atoms with Crippen LogP contribution in [0.25, 0.3) is 0 Å². The molecule has 1 atom stereocenters. The molecule has 2 rings (SSSR count). The fraction of sp³-hybridized carbons (Fsp3) is 0.529. The Morgan fingerprint density at radius 3 is 2.70 bits per heavy atom. The maximum atomic E-state index is 11.9. The highest BCUT2D eigenvalue weighted by atomic mass is 16.5. The molecule has 1 aliphatic rings. The highest BCUT2D eigenvalue weighted by Crippen LogP contribution is 2.30. The summed E-state index contributed by atoms with van der Waals surface area (Å²) < 4.78 is 11.3. The van der Waals surface area contributed by atoms with Crippen molar-refractivity contribution in [2.75, 3.05) is 19.8 Å². The first-order valence-electron chi connectivity index (χ1n) is 7.94. The number of carboxylic acid groups (broad SMARTS) is 1. The summed E-state index contributed by atoms with van der Waals surface area (Å²) in [5.74, 6) is -0.310. The molecule has 1 fully saturated rings. The standard InChI is InChI=1S/C17H23NO5/c1-3-7-23-14-6-5-12(8-15(14)22-4-2)10-18-11-13(17(20)21)9-16(18)19/h5-6,8,13H,3-4,7,9-11H2,1-2H3,(H,20,21)/t13-/m0/s1. The van der Waals surface area contributed by atoms with E-state index in [0.29, 0.717) is 31.3 Å². The van der Waals surface area contributed by atoms with Gasteiger partial charge >= 0.3 is 5.97 Å². The number of carboxylic acids is 1. The summed E-state index contributed by atoms with van der Waals surface area (Å²) in [6, 6.07) is 5.58. The fourth-order valence-corrected chi connectivity index (χ4v) is 2.56. The number of benzene rings is 1. The number of rotatable bonds is 8. The molecular weight excluding hydrogens is 298 g/mol. The highest BCUT2D eigenvalue weighted by molar-refractivity contribution is 5.86. The van der Waals surface area contributed by atoms with Gasteiger partial charge in [0.2, 0.25) is 5.91 Å². The number of hydrogen-bond acceptors (Lipinski definition) is 4. The highest BCUT2D eigenvalue weighted by Gasteiger charge is 2.34. The van der Waals surface area contributed by atoms with E-state index < -0.39 is 11.9 Å². The minimum Gasteiger partial charge on any atom is -0.490 e. The van der Waals surface area contributed by atoms with Crippen LogP contribution < -0.4 is 9.47 Å². The third-order valence-electron chi connectivity index (χ3n) is 3.71. The van der Waals surface area contributed by atoms with Crippen molar-refractivity contribution in [1.82, 2.24) is 4.90 Å². The van der Waals surface area contributed by atoms with Crippen LogP contribution in [0.4, 0.5) is 0 Å². The van der Waals surface area contributed by atoms with Crippen molar-refractivity contribution in [2.24, 2.45) is 5.92 Å². The summed E-state index contributed by atoms with van der Waals surface area (Å²) in [5, 5.41) is 9.03. The van der Waals surface area contributed by atoms with Gasteiger partial charge in [-0.25, -0.2) is 0 Å². The first kappa shape index (κ1) is 17.1. The lowest BCUT2D eigenvalue weighted by molar-refractivity contribution is -0.141. The first-order chi connectivity index (χ1) is 11.0. The van der Waals surface area contributed by atoms with E-state index in [-0.39, 0.29) is 18.9 Å². The number of carbonyl (C=O) groups is 2. The van der Waals surface area contributed by atoms with Gasteiger partial charge in [-0.1, -0.05) is 13.0 Å². The van der Waals surface area contributed by atoms with Crippen molar-refractivity contribution >= 4 is 11.9 Å². The predicted molar refractivity (Wildman–Crippen MR) is 84.6 cm³/mol. The van der Waals surface area contributed by atoms with Crippen molar-refractivity contribution in [3.8, 4) is 11.5 Å². The van der Waals surface area contributed by atoms with Gasteiger partial charge < -0.3 is 19.5 Å². The van der Waals surface area contributed by atoms with Crippen LogP contribution in [0, 0.1) is 5.92 Å².